The van der Waals surface area contributed by atoms with Crippen LogP contribution in [-0.2, 0) is 27.2 Å². The monoisotopic (exact) mass is 665 g/mol. The molecule has 0 fully saturated rings. The normalized spacial score (nSPS) is 11.5. The summed E-state index contributed by atoms with van der Waals surface area (Å²) < 4.78 is 12.8. The average Bonchev–Trinajstić information content (AvgIpc) is 2.71. The molecule has 0 bridgehead atoms. The lowest BCUT2D eigenvalue weighted by atomic mass is 10.0. The van der Waals surface area contributed by atoms with Crippen LogP contribution in [0.25, 0.3) is 0 Å². The predicted octanol–water partition coefficient (Wildman–Crippen LogP) is 5.15. The van der Waals surface area contributed by atoms with Crippen molar-refractivity contribution >= 4 is 74.3 Å². The molecule has 0 saturated heterocycles. The Morgan fingerprint density at radius 1 is 1.10 bits per heavy atom. The number of carbonyl (C=O) groups excluding carboxylic acids is 2. The van der Waals surface area contributed by atoms with Gasteiger partial charge in [-0.05, 0) is 106 Å². The van der Waals surface area contributed by atoms with Crippen LogP contribution in [-0.4, -0.2) is 29.6 Å². The van der Waals surface area contributed by atoms with Crippen molar-refractivity contribution in [2.75, 3.05) is 6.61 Å². The van der Waals surface area contributed by atoms with Crippen LogP contribution >= 0.6 is 57.4 Å². The highest BCUT2D eigenvalue weighted by Crippen LogP contribution is 2.21. The predicted molar refractivity (Wildman–Crippen MR) is 143 cm³/mol. The number of rotatable bonds is 9. The van der Waals surface area contributed by atoms with E-state index in [1.165, 1.54) is 25.2 Å². The molecule has 0 saturated carbocycles. The molecule has 0 heterocycles. The van der Waals surface area contributed by atoms with E-state index in [-0.39, 0.29) is 11.9 Å². The lowest BCUT2D eigenvalue weighted by Crippen LogP contribution is -2.42. The largest absolute Gasteiger partial charge is 0.464 e. The summed E-state index contributed by atoms with van der Waals surface area (Å²) in [5.41, 5.74) is 3.41. The number of nitrogens with one attached hydrogen (secondary N) is 1. The SMILES string of the molecule is CCOC(=O)C(Cc1ccc(OC(C)=O)cc1)NC(=S)CCc1cc(I)c(C)c(I)c1. The molecule has 0 aromatic heterocycles. The number of hydrogen-bond acceptors (Lipinski definition) is 5. The third-order valence-corrected chi connectivity index (χ3v) is 7.08. The summed E-state index contributed by atoms with van der Waals surface area (Å²) >= 11 is 10.2. The molecule has 1 N–H and O–H groups in total. The van der Waals surface area contributed by atoms with Crippen molar-refractivity contribution in [1.29, 1.82) is 0 Å². The van der Waals surface area contributed by atoms with Gasteiger partial charge in [-0.15, -0.1) is 0 Å². The number of carbonyl (C=O) groups is 2. The average molecular weight is 665 g/mol. The van der Waals surface area contributed by atoms with Gasteiger partial charge >= 0.3 is 11.9 Å². The second-order valence-corrected chi connectivity index (χ2v) is 9.82. The Labute approximate surface area is 215 Å². The third kappa shape index (κ3) is 8.64. The minimum Gasteiger partial charge on any atom is -0.464 e. The van der Waals surface area contributed by atoms with Gasteiger partial charge in [-0.25, -0.2) is 4.79 Å². The highest BCUT2D eigenvalue weighted by molar-refractivity contribution is 14.1. The van der Waals surface area contributed by atoms with Crippen molar-refractivity contribution in [3.05, 3.63) is 60.2 Å². The number of esters is 2. The molecule has 0 aliphatic carbocycles. The van der Waals surface area contributed by atoms with Gasteiger partial charge in [0.1, 0.15) is 11.8 Å². The zero-order valence-corrected chi connectivity index (χ0v) is 22.8. The number of ether oxygens (including phenoxy) is 2. The van der Waals surface area contributed by atoms with E-state index in [2.05, 4.69) is 69.6 Å². The third-order valence-electron chi connectivity index (χ3n) is 4.51. The Kier molecular flexibility index (Phi) is 10.6. The number of aryl methyl sites for hydroxylation is 1. The Morgan fingerprint density at radius 2 is 1.71 bits per heavy atom. The van der Waals surface area contributed by atoms with Gasteiger partial charge in [0.15, 0.2) is 0 Å². The molecule has 0 aliphatic rings. The van der Waals surface area contributed by atoms with Crippen LogP contribution in [0.15, 0.2) is 36.4 Å². The van der Waals surface area contributed by atoms with Gasteiger partial charge in [-0.1, -0.05) is 24.4 Å². The summed E-state index contributed by atoms with van der Waals surface area (Å²) in [5, 5.41) is 3.18. The number of benzene rings is 2. The summed E-state index contributed by atoms with van der Waals surface area (Å²) in [4.78, 5) is 24.2. The Morgan fingerprint density at radius 3 is 2.26 bits per heavy atom. The van der Waals surface area contributed by atoms with Crippen LogP contribution in [0.1, 0.15) is 37.0 Å². The lowest BCUT2D eigenvalue weighted by molar-refractivity contribution is -0.145. The van der Waals surface area contributed by atoms with Crippen molar-refractivity contribution in [1.82, 2.24) is 5.32 Å². The van der Waals surface area contributed by atoms with E-state index in [0.717, 1.165) is 12.0 Å². The molecule has 1 atom stereocenters. The Bertz CT molecular complexity index is 924. The van der Waals surface area contributed by atoms with Gasteiger partial charge < -0.3 is 14.8 Å². The fourth-order valence-electron chi connectivity index (χ4n) is 2.90. The van der Waals surface area contributed by atoms with Gasteiger partial charge in [-0.3, -0.25) is 4.79 Å². The standard InChI is InChI=1S/C23H25I2NO4S/c1-4-29-23(28)21(13-16-5-8-18(9-6-16)30-15(3)27)26-22(31)10-7-17-11-19(24)14(2)20(25)12-17/h5-6,8-9,11-12,21H,4,7,10,13H2,1-3H3,(H,26,31). The first kappa shape index (κ1) is 26.0. The maximum Gasteiger partial charge on any atom is 0.328 e. The molecule has 8 heteroatoms. The first-order chi connectivity index (χ1) is 14.7. The minimum atomic E-state index is -0.578. The van der Waals surface area contributed by atoms with E-state index in [0.29, 0.717) is 30.2 Å². The molecule has 0 amide bonds. The molecule has 31 heavy (non-hydrogen) atoms. The molecule has 2 rings (SSSR count). The van der Waals surface area contributed by atoms with Gasteiger partial charge in [0.25, 0.3) is 0 Å². The Balaban J connectivity index is 2.02. The van der Waals surface area contributed by atoms with E-state index < -0.39 is 6.04 Å². The summed E-state index contributed by atoms with van der Waals surface area (Å²) in [5.74, 6) is -0.245. The molecule has 2 aromatic rings. The molecule has 0 aliphatic heterocycles. The fraction of sp³-hybridized carbons (Fsp3) is 0.348. The van der Waals surface area contributed by atoms with Crippen LogP contribution in [0, 0.1) is 14.1 Å². The van der Waals surface area contributed by atoms with Crippen LogP contribution in [0.3, 0.4) is 0 Å². The smallest absolute Gasteiger partial charge is 0.328 e. The second kappa shape index (κ2) is 12.7. The first-order valence-corrected chi connectivity index (χ1v) is 12.4. The van der Waals surface area contributed by atoms with Crippen LogP contribution < -0.4 is 10.1 Å². The van der Waals surface area contributed by atoms with Crippen molar-refractivity contribution in [2.24, 2.45) is 0 Å². The number of hydrogen-bond donors (Lipinski definition) is 1. The lowest BCUT2D eigenvalue weighted by Gasteiger charge is -2.19. The van der Waals surface area contributed by atoms with E-state index in [1.54, 1.807) is 19.1 Å². The molecule has 0 radical (unpaired) electrons. The van der Waals surface area contributed by atoms with Crippen LogP contribution in [0.5, 0.6) is 5.75 Å². The molecular formula is C23H25I2NO4S. The topological polar surface area (TPSA) is 64.6 Å². The molecule has 166 valence electrons. The molecule has 2 aromatic carbocycles. The highest BCUT2D eigenvalue weighted by atomic mass is 127. The zero-order chi connectivity index (χ0) is 23.0. The summed E-state index contributed by atoms with van der Waals surface area (Å²) in [6.07, 6.45) is 1.86. The molecule has 1 unspecified atom stereocenters. The van der Waals surface area contributed by atoms with Crippen molar-refractivity contribution < 1.29 is 19.1 Å². The second-order valence-electron chi connectivity index (χ2n) is 7.00. The maximum absolute atomic E-state index is 12.5. The fourth-order valence-corrected chi connectivity index (χ4v) is 5.04. The number of thiocarbonyl (C=S) groups is 1. The van der Waals surface area contributed by atoms with Gasteiger partial charge in [0, 0.05) is 26.9 Å². The zero-order valence-electron chi connectivity index (χ0n) is 17.7. The van der Waals surface area contributed by atoms with E-state index in [9.17, 15) is 9.59 Å². The first-order valence-electron chi connectivity index (χ1n) is 9.87. The van der Waals surface area contributed by atoms with Crippen LogP contribution in [0.2, 0.25) is 0 Å². The quantitative estimate of drug-likeness (QED) is 0.173. The summed E-state index contributed by atoms with van der Waals surface area (Å²) in [6.45, 7) is 5.55. The maximum atomic E-state index is 12.5. The summed E-state index contributed by atoms with van der Waals surface area (Å²) in [7, 11) is 0. The minimum absolute atomic E-state index is 0.301. The molecule has 5 nitrogen and oxygen atoms in total. The van der Waals surface area contributed by atoms with Crippen molar-refractivity contribution in [3.63, 3.8) is 0 Å². The number of halogens is 2. The van der Waals surface area contributed by atoms with E-state index >= 15 is 0 Å². The Hall–Kier alpha value is -1.27. The van der Waals surface area contributed by atoms with E-state index in [4.69, 9.17) is 21.7 Å². The van der Waals surface area contributed by atoms with Gasteiger partial charge in [0.05, 0.1) is 11.6 Å². The van der Waals surface area contributed by atoms with Crippen molar-refractivity contribution in [2.45, 2.75) is 46.1 Å². The van der Waals surface area contributed by atoms with Crippen molar-refractivity contribution in [3.8, 4) is 5.75 Å². The summed E-state index contributed by atoms with van der Waals surface area (Å²) in [6, 6.07) is 10.8. The highest BCUT2D eigenvalue weighted by Gasteiger charge is 2.21. The molecule has 0 spiro atoms. The van der Waals surface area contributed by atoms with Crippen LogP contribution in [0.4, 0.5) is 0 Å². The molecular weight excluding hydrogens is 640 g/mol. The van der Waals surface area contributed by atoms with Gasteiger partial charge in [0.2, 0.25) is 0 Å². The van der Waals surface area contributed by atoms with Gasteiger partial charge in [-0.2, -0.15) is 0 Å². The van der Waals surface area contributed by atoms with E-state index in [1.807, 2.05) is 12.1 Å².